The van der Waals surface area contributed by atoms with Gasteiger partial charge in [0.2, 0.25) is 0 Å². The number of carboxylic acids is 1. The van der Waals surface area contributed by atoms with E-state index in [9.17, 15) is 9.90 Å². The molecule has 7 nitrogen and oxygen atoms in total. The molecule has 1 unspecified atom stereocenters. The summed E-state index contributed by atoms with van der Waals surface area (Å²) >= 11 is 1.58. The highest BCUT2D eigenvalue weighted by atomic mass is 32.1. The normalized spacial score (nSPS) is 18.2. The fourth-order valence-electron chi connectivity index (χ4n) is 2.80. The summed E-state index contributed by atoms with van der Waals surface area (Å²) in [6.07, 6.45) is 1.50. The molecule has 1 atom stereocenters. The van der Waals surface area contributed by atoms with Gasteiger partial charge in [-0.3, -0.25) is 0 Å². The fourth-order valence-corrected chi connectivity index (χ4v) is 3.44. The van der Waals surface area contributed by atoms with Gasteiger partial charge >= 0.3 is 5.97 Å². The van der Waals surface area contributed by atoms with Crippen LogP contribution in [0.1, 0.15) is 12.8 Å². The van der Waals surface area contributed by atoms with Crippen molar-refractivity contribution in [1.82, 2.24) is 19.8 Å². The SMILES string of the molecule is O=C(O)C1CCCN1c1ccc2nnc(-c3ccsc3)n2n1. The maximum absolute atomic E-state index is 11.4. The second kappa shape index (κ2) is 5.06. The summed E-state index contributed by atoms with van der Waals surface area (Å²) in [7, 11) is 0. The third-order valence-corrected chi connectivity index (χ3v) is 4.54. The molecule has 0 spiro atoms. The highest BCUT2D eigenvalue weighted by Gasteiger charge is 2.31. The largest absolute Gasteiger partial charge is 0.480 e. The molecule has 0 amide bonds. The lowest BCUT2D eigenvalue weighted by Gasteiger charge is -2.22. The average Bonchev–Trinajstić information content (AvgIpc) is 3.25. The Labute approximate surface area is 129 Å². The van der Waals surface area contributed by atoms with Crippen LogP contribution in [0, 0.1) is 0 Å². The minimum atomic E-state index is -0.804. The van der Waals surface area contributed by atoms with Crippen molar-refractivity contribution in [2.45, 2.75) is 18.9 Å². The van der Waals surface area contributed by atoms with E-state index in [0.717, 1.165) is 12.0 Å². The van der Waals surface area contributed by atoms with Crippen LogP contribution in [0.2, 0.25) is 0 Å². The molecule has 0 aliphatic carbocycles. The van der Waals surface area contributed by atoms with Crippen molar-refractivity contribution in [2.24, 2.45) is 0 Å². The Kier molecular flexibility index (Phi) is 3.04. The van der Waals surface area contributed by atoms with Gasteiger partial charge < -0.3 is 10.0 Å². The summed E-state index contributed by atoms with van der Waals surface area (Å²) in [5, 5.41) is 26.1. The highest BCUT2D eigenvalue weighted by Crippen LogP contribution is 2.26. The van der Waals surface area contributed by atoms with Gasteiger partial charge in [-0.05, 0) is 36.4 Å². The summed E-state index contributed by atoms with van der Waals surface area (Å²) in [5.41, 5.74) is 1.61. The standard InChI is InChI=1S/C14H13N5O2S/c20-14(21)10-2-1-6-18(10)12-4-3-11-15-16-13(19(11)17-12)9-5-7-22-8-9/h3-5,7-8,10H,1-2,6H2,(H,20,21). The van der Waals surface area contributed by atoms with Crippen LogP contribution in [-0.2, 0) is 4.79 Å². The van der Waals surface area contributed by atoms with Crippen molar-refractivity contribution in [3.8, 4) is 11.4 Å². The molecule has 3 aromatic heterocycles. The Hall–Kier alpha value is -2.48. The van der Waals surface area contributed by atoms with Crippen LogP contribution in [0.25, 0.3) is 17.0 Å². The van der Waals surface area contributed by atoms with Crippen molar-refractivity contribution in [3.05, 3.63) is 29.0 Å². The van der Waals surface area contributed by atoms with Gasteiger partial charge in [-0.25, -0.2) is 4.79 Å². The number of aliphatic carboxylic acids is 1. The first-order valence-corrected chi connectivity index (χ1v) is 7.93. The predicted molar refractivity (Wildman–Crippen MR) is 82.1 cm³/mol. The maximum Gasteiger partial charge on any atom is 0.326 e. The Bertz CT molecular complexity index is 829. The topological polar surface area (TPSA) is 83.6 Å². The number of hydrogen-bond acceptors (Lipinski definition) is 6. The molecule has 0 aromatic carbocycles. The van der Waals surface area contributed by atoms with Crippen LogP contribution < -0.4 is 4.90 Å². The van der Waals surface area contributed by atoms with Crippen LogP contribution in [0.5, 0.6) is 0 Å². The van der Waals surface area contributed by atoms with Gasteiger partial charge in [0.25, 0.3) is 0 Å². The first-order valence-electron chi connectivity index (χ1n) is 6.98. The van der Waals surface area contributed by atoms with Crippen molar-refractivity contribution < 1.29 is 9.90 Å². The number of thiophene rings is 1. The molecule has 0 bridgehead atoms. The minimum Gasteiger partial charge on any atom is -0.480 e. The van der Waals surface area contributed by atoms with Gasteiger partial charge in [-0.15, -0.1) is 15.3 Å². The van der Waals surface area contributed by atoms with Crippen molar-refractivity contribution in [1.29, 1.82) is 0 Å². The molecule has 1 aliphatic rings. The third kappa shape index (κ3) is 2.03. The molecule has 1 aliphatic heterocycles. The molecule has 0 saturated carbocycles. The van der Waals surface area contributed by atoms with E-state index in [1.807, 2.05) is 33.9 Å². The molecule has 4 rings (SSSR count). The van der Waals surface area contributed by atoms with E-state index in [0.29, 0.717) is 30.3 Å². The van der Waals surface area contributed by atoms with Crippen LogP contribution in [0.4, 0.5) is 5.82 Å². The fraction of sp³-hybridized carbons (Fsp3) is 0.286. The van der Waals surface area contributed by atoms with Crippen LogP contribution >= 0.6 is 11.3 Å². The zero-order chi connectivity index (χ0) is 15.1. The van der Waals surface area contributed by atoms with E-state index in [1.54, 1.807) is 15.9 Å². The molecule has 1 fully saturated rings. The number of aromatic nitrogens is 4. The van der Waals surface area contributed by atoms with E-state index in [1.165, 1.54) is 0 Å². The van der Waals surface area contributed by atoms with E-state index in [-0.39, 0.29) is 0 Å². The first-order chi connectivity index (χ1) is 10.7. The molecule has 4 heterocycles. The Morgan fingerprint density at radius 1 is 1.32 bits per heavy atom. The number of carbonyl (C=O) groups is 1. The average molecular weight is 315 g/mol. The first kappa shape index (κ1) is 13.2. The lowest BCUT2D eigenvalue weighted by molar-refractivity contribution is -0.138. The number of rotatable bonds is 3. The molecule has 3 aromatic rings. The van der Waals surface area contributed by atoms with Gasteiger partial charge in [0.05, 0.1) is 0 Å². The quantitative estimate of drug-likeness (QED) is 0.795. The number of hydrogen-bond donors (Lipinski definition) is 1. The summed E-state index contributed by atoms with van der Waals surface area (Å²) in [5.74, 6) is 0.513. The second-order valence-electron chi connectivity index (χ2n) is 5.19. The number of fused-ring (bicyclic) bond motifs is 1. The van der Waals surface area contributed by atoms with Crippen LogP contribution in [0.3, 0.4) is 0 Å². The molecule has 1 N–H and O–H groups in total. The number of carboxylic acid groups (broad SMARTS) is 1. The summed E-state index contributed by atoms with van der Waals surface area (Å²) in [6.45, 7) is 0.700. The maximum atomic E-state index is 11.4. The Balaban J connectivity index is 1.80. The smallest absolute Gasteiger partial charge is 0.326 e. The van der Waals surface area contributed by atoms with Crippen molar-refractivity contribution >= 4 is 28.8 Å². The molecule has 22 heavy (non-hydrogen) atoms. The third-order valence-electron chi connectivity index (χ3n) is 3.86. The molecular weight excluding hydrogens is 302 g/mol. The lowest BCUT2D eigenvalue weighted by atomic mass is 10.2. The number of anilines is 1. The summed E-state index contributed by atoms with van der Waals surface area (Å²) in [4.78, 5) is 13.2. The molecule has 1 saturated heterocycles. The van der Waals surface area contributed by atoms with E-state index in [4.69, 9.17) is 0 Å². The van der Waals surface area contributed by atoms with Gasteiger partial charge in [-0.1, -0.05) is 0 Å². The zero-order valence-corrected chi connectivity index (χ0v) is 12.4. The van der Waals surface area contributed by atoms with Gasteiger partial charge in [0.1, 0.15) is 11.9 Å². The Morgan fingerprint density at radius 3 is 3.00 bits per heavy atom. The van der Waals surface area contributed by atoms with Gasteiger partial charge in [-0.2, -0.15) is 15.9 Å². The van der Waals surface area contributed by atoms with E-state index < -0.39 is 12.0 Å². The summed E-state index contributed by atoms with van der Waals surface area (Å²) < 4.78 is 1.68. The molecular formula is C14H13N5O2S. The minimum absolute atomic E-state index is 0.508. The monoisotopic (exact) mass is 315 g/mol. The zero-order valence-electron chi connectivity index (χ0n) is 11.6. The number of nitrogens with zero attached hydrogens (tertiary/aromatic N) is 5. The molecule has 0 radical (unpaired) electrons. The summed E-state index contributed by atoms with van der Waals surface area (Å²) in [6, 6.07) is 5.09. The van der Waals surface area contributed by atoms with Gasteiger partial charge in [0, 0.05) is 17.5 Å². The second-order valence-corrected chi connectivity index (χ2v) is 5.97. The van der Waals surface area contributed by atoms with Crippen molar-refractivity contribution in [2.75, 3.05) is 11.4 Å². The van der Waals surface area contributed by atoms with Gasteiger partial charge in [0.15, 0.2) is 11.5 Å². The van der Waals surface area contributed by atoms with E-state index >= 15 is 0 Å². The highest BCUT2D eigenvalue weighted by molar-refractivity contribution is 7.08. The molecule has 112 valence electrons. The van der Waals surface area contributed by atoms with E-state index in [2.05, 4.69) is 15.3 Å². The predicted octanol–water partition coefficient (Wildman–Crippen LogP) is 1.91. The Morgan fingerprint density at radius 2 is 2.23 bits per heavy atom. The molecule has 8 heteroatoms. The van der Waals surface area contributed by atoms with Crippen LogP contribution in [0.15, 0.2) is 29.0 Å². The lowest BCUT2D eigenvalue weighted by Crippen LogP contribution is -2.36. The van der Waals surface area contributed by atoms with Crippen molar-refractivity contribution in [3.63, 3.8) is 0 Å². The van der Waals surface area contributed by atoms with Crippen LogP contribution in [-0.4, -0.2) is 43.5 Å².